The van der Waals surface area contributed by atoms with Gasteiger partial charge in [-0.25, -0.2) is 4.98 Å². The van der Waals surface area contributed by atoms with Crippen LogP contribution in [-0.2, 0) is 0 Å². The first kappa shape index (κ1) is 10.3. The third-order valence-electron chi connectivity index (χ3n) is 1.60. The van der Waals surface area contributed by atoms with Gasteiger partial charge in [0.1, 0.15) is 5.03 Å². The van der Waals surface area contributed by atoms with Crippen molar-refractivity contribution in [3.63, 3.8) is 0 Å². The molecule has 0 unspecified atom stereocenters. The maximum absolute atomic E-state index is 11.0. The minimum absolute atomic E-state index is 0.0818. The maximum Gasteiger partial charge on any atom is 0.248 e. The lowest BCUT2D eigenvalue weighted by Crippen LogP contribution is -2.02. The molecule has 0 fully saturated rings. The highest BCUT2D eigenvalue weighted by Gasteiger charge is 1.97. The van der Waals surface area contributed by atoms with E-state index >= 15 is 0 Å². The van der Waals surface area contributed by atoms with E-state index in [-0.39, 0.29) is 5.56 Å². The van der Waals surface area contributed by atoms with E-state index in [2.05, 4.69) is 9.97 Å². The largest absolute Gasteiger partial charge is 0.316 e. The number of H-pyrrole nitrogens is 1. The van der Waals surface area contributed by atoms with Crippen molar-refractivity contribution in [1.29, 1.82) is 0 Å². The zero-order valence-electron chi connectivity index (χ0n) is 7.71. The highest BCUT2D eigenvalue weighted by Crippen LogP contribution is 2.33. The van der Waals surface area contributed by atoms with Gasteiger partial charge in [0.15, 0.2) is 0 Å². The van der Waals surface area contributed by atoms with Gasteiger partial charge in [0.25, 0.3) is 0 Å². The number of hydrogen-bond acceptors (Lipinski definition) is 4. The van der Waals surface area contributed by atoms with E-state index in [4.69, 9.17) is 0 Å². The van der Waals surface area contributed by atoms with Crippen molar-refractivity contribution < 1.29 is 0 Å². The SMILES string of the molecule is O=c1cccc(SSc2ccccn2)[nH]1. The molecule has 0 spiro atoms. The molecule has 0 saturated heterocycles. The molecule has 3 nitrogen and oxygen atoms in total. The molecule has 1 N–H and O–H groups in total. The van der Waals surface area contributed by atoms with E-state index in [1.165, 1.54) is 27.7 Å². The van der Waals surface area contributed by atoms with Gasteiger partial charge in [-0.3, -0.25) is 4.79 Å². The molecule has 2 heterocycles. The Hall–Kier alpha value is -1.20. The Labute approximate surface area is 94.7 Å². The molecule has 0 aliphatic carbocycles. The van der Waals surface area contributed by atoms with Gasteiger partial charge in [0, 0.05) is 12.3 Å². The number of nitrogens with zero attached hydrogens (tertiary/aromatic N) is 1. The van der Waals surface area contributed by atoms with Crippen molar-refractivity contribution >= 4 is 21.6 Å². The zero-order chi connectivity index (χ0) is 10.5. The number of aromatic amines is 1. The first-order chi connectivity index (χ1) is 7.34. The van der Waals surface area contributed by atoms with Gasteiger partial charge in [0.2, 0.25) is 5.56 Å². The second-order valence-corrected chi connectivity index (χ2v) is 4.91. The molecule has 15 heavy (non-hydrogen) atoms. The predicted molar refractivity (Wildman–Crippen MR) is 63.0 cm³/mol. The van der Waals surface area contributed by atoms with Gasteiger partial charge < -0.3 is 4.98 Å². The Morgan fingerprint density at radius 3 is 2.73 bits per heavy atom. The minimum atomic E-state index is -0.0818. The van der Waals surface area contributed by atoms with Crippen LogP contribution < -0.4 is 5.56 Å². The number of pyridine rings is 2. The normalized spacial score (nSPS) is 10.1. The molecule has 0 atom stereocenters. The molecule has 0 radical (unpaired) electrons. The molecule has 2 aromatic heterocycles. The summed E-state index contributed by atoms with van der Waals surface area (Å²) in [6.45, 7) is 0. The second-order valence-electron chi connectivity index (χ2n) is 2.71. The standard InChI is InChI=1S/C10H8N2OS2/c13-8-4-3-6-10(12-8)15-14-9-5-1-2-7-11-9/h1-7H,(H,12,13). The molecule has 2 aromatic rings. The van der Waals surface area contributed by atoms with Crippen molar-refractivity contribution in [2.24, 2.45) is 0 Å². The molecule has 0 aliphatic heterocycles. The van der Waals surface area contributed by atoms with Crippen LogP contribution in [0.4, 0.5) is 0 Å². The van der Waals surface area contributed by atoms with Gasteiger partial charge >= 0.3 is 0 Å². The van der Waals surface area contributed by atoms with Crippen molar-refractivity contribution in [2.75, 3.05) is 0 Å². The first-order valence-corrected chi connectivity index (χ1v) is 6.44. The summed E-state index contributed by atoms with van der Waals surface area (Å²) >= 11 is 0. The van der Waals surface area contributed by atoms with Crippen LogP contribution >= 0.6 is 21.6 Å². The summed E-state index contributed by atoms with van der Waals surface area (Å²) in [5.74, 6) is 0. The number of aromatic nitrogens is 2. The third-order valence-corrected chi connectivity index (χ3v) is 3.81. The molecule has 0 aliphatic rings. The highest BCUT2D eigenvalue weighted by molar-refractivity contribution is 8.76. The second kappa shape index (κ2) is 5.04. The maximum atomic E-state index is 11.0. The van der Waals surface area contributed by atoms with Gasteiger partial charge in [-0.2, -0.15) is 0 Å². The van der Waals surface area contributed by atoms with Crippen molar-refractivity contribution in [3.05, 3.63) is 52.9 Å². The lowest BCUT2D eigenvalue weighted by Gasteiger charge is -1.98. The first-order valence-electron chi connectivity index (χ1n) is 4.29. The smallest absolute Gasteiger partial charge is 0.248 e. The van der Waals surface area contributed by atoms with E-state index < -0.39 is 0 Å². The summed E-state index contributed by atoms with van der Waals surface area (Å²) in [5.41, 5.74) is -0.0818. The number of hydrogen-bond donors (Lipinski definition) is 1. The van der Waals surface area contributed by atoms with Crippen LogP contribution in [0.2, 0.25) is 0 Å². The lowest BCUT2D eigenvalue weighted by atomic mass is 10.5. The summed E-state index contributed by atoms with van der Waals surface area (Å²) in [4.78, 5) is 17.9. The van der Waals surface area contributed by atoms with E-state index in [1.54, 1.807) is 12.3 Å². The monoisotopic (exact) mass is 236 g/mol. The van der Waals surface area contributed by atoms with Crippen LogP contribution in [0.1, 0.15) is 0 Å². The number of nitrogens with one attached hydrogen (secondary N) is 1. The van der Waals surface area contributed by atoms with Gasteiger partial charge in [0.05, 0.1) is 5.03 Å². The molecular formula is C10H8N2OS2. The topological polar surface area (TPSA) is 45.8 Å². The molecule has 2 rings (SSSR count). The fraction of sp³-hybridized carbons (Fsp3) is 0. The summed E-state index contributed by atoms with van der Waals surface area (Å²) < 4.78 is 0. The fourth-order valence-corrected chi connectivity index (χ4v) is 2.76. The average Bonchev–Trinajstić information content (AvgIpc) is 2.28. The van der Waals surface area contributed by atoms with Crippen LogP contribution in [0.5, 0.6) is 0 Å². The lowest BCUT2D eigenvalue weighted by molar-refractivity contribution is 1.09. The van der Waals surface area contributed by atoms with Gasteiger partial charge in [-0.15, -0.1) is 0 Å². The third kappa shape index (κ3) is 3.14. The Morgan fingerprint density at radius 1 is 1.07 bits per heavy atom. The van der Waals surface area contributed by atoms with Crippen LogP contribution in [0, 0.1) is 0 Å². The van der Waals surface area contributed by atoms with E-state index in [1.807, 2.05) is 24.3 Å². The molecule has 0 amide bonds. The predicted octanol–water partition coefficient (Wildman–Crippen LogP) is 2.57. The molecule has 0 aromatic carbocycles. The number of rotatable bonds is 3. The Kier molecular flexibility index (Phi) is 3.47. The van der Waals surface area contributed by atoms with Crippen molar-refractivity contribution in [3.8, 4) is 0 Å². The Morgan fingerprint density at radius 2 is 2.00 bits per heavy atom. The van der Waals surface area contributed by atoms with Crippen molar-refractivity contribution in [2.45, 2.75) is 10.1 Å². The van der Waals surface area contributed by atoms with E-state index in [9.17, 15) is 4.79 Å². The van der Waals surface area contributed by atoms with Crippen LogP contribution in [0.3, 0.4) is 0 Å². The van der Waals surface area contributed by atoms with E-state index in [0.717, 1.165) is 10.1 Å². The summed E-state index contributed by atoms with van der Waals surface area (Å²) in [7, 11) is 3.00. The quantitative estimate of drug-likeness (QED) is 0.832. The Balaban J connectivity index is 2.02. The molecule has 0 bridgehead atoms. The van der Waals surface area contributed by atoms with E-state index in [0.29, 0.717) is 0 Å². The molecular weight excluding hydrogens is 228 g/mol. The summed E-state index contributed by atoms with van der Waals surface area (Å²) in [6, 6.07) is 10.8. The molecule has 76 valence electrons. The highest BCUT2D eigenvalue weighted by atomic mass is 33.1. The van der Waals surface area contributed by atoms with Crippen LogP contribution in [0.25, 0.3) is 0 Å². The summed E-state index contributed by atoms with van der Waals surface area (Å²) in [6.07, 6.45) is 1.75. The average molecular weight is 236 g/mol. The van der Waals surface area contributed by atoms with Gasteiger partial charge in [-0.1, -0.05) is 12.1 Å². The fourth-order valence-electron chi connectivity index (χ4n) is 0.960. The Bertz CT molecular complexity index is 484. The van der Waals surface area contributed by atoms with Crippen LogP contribution in [0.15, 0.2) is 57.4 Å². The van der Waals surface area contributed by atoms with Crippen LogP contribution in [-0.4, -0.2) is 9.97 Å². The van der Waals surface area contributed by atoms with Crippen molar-refractivity contribution in [1.82, 2.24) is 9.97 Å². The minimum Gasteiger partial charge on any atom is -0.316 e. The summed E-state index contributed by atoms with van der Waals surface area (Å²) in [5, 5.41) is 1.75. The zero-order valence-corrected chi connectivity index (χ0v) is 9.35. The van der Waals surface area contributed by atoms with Gasteiger partial charge in [-0.05, 0) is 39.8 Å². The molecule has 5 heteroatoms. The molecule has 0 saturated carbocycles.